The molecule has 0 saturated carbocycles. The van der Waals surface area contributed by atoms with Crippen LogP contribution in [0, 0.1) is 10.1 Å². The molecule has 0 fully saturated rings. The largest absolute Gasteiger partial charge is 0.461 e. The van der Waals surface area contributed by atoms with Crippen molar-refractivity contribution in [2.45, 2.75) is 39.2 Å². The maximum atomic E-state index is 11.3. The fourth-order valence-corrected chi connectivity index (χ4v) is 0.974. The molecule has 0 saturated heterocycles. The first-order valence-electron chi connectivity index (χ1n) is 4.65. The van der Waals surface area contributed by atoms with E-state index in [-0.39, 0.29) is 25.2 Å². The molecule has 0 aliphatic rings. The molecule has 1 atom stereocenters. The van der Waals surface area contributed by atoms with Crippen LogP contribution in [0.3, 0.4) is 0 Å². The number of Topliss-reactive ketones (excluding diaryl/α,β-unsaturated/α-hetero) is 1. The summed E-state index contributed by atoms with van der Waals surface area (Å²) in [4.78, 5) is 32.1. The third-order valence-corrected chi connectivity index (χ3v) is 2.08. The van der Waals surface area contributed by atoms with Gasteiger partial charge >= 0.3 is 11.5 Å². The van der Waals surface area contributed by atoms with Gasteiger partial charge in [-0.15, -0.1) is 0 Å². The molecular formula is C9H15NO5. The molecule has 0 N–H and O–H groups in total. The van der Waals surface area contributed by atoms with Crippen LogP contribution in [0.5, 0.6) is 0 Å². The quantitative estimate of drug-likeness (QED) is 0.375. The summed E-state index contributed by atoms with van der Waals surface area (Å²) in [6.45, 7) is 4.16. The number of ether oxygens (including phenoxy) is 1. The second-order valence-corrected chi connectivity index (χ2v) is 3.45. The van der Waals surface area contributed by atoms with E-state index in [1.54, 1.807) is 6.92 Å². The van der Waals surface area contributed by atoms with Gasteiger partial charge in [0.15, 0.2) is 0 Å². The lowest BCUT2D eigenvalue weighted by Crippen LogP contribution is -2.45. The van der Waals surface area contributed by atoms with E-state index in [2.05, 4.69) is 4.74 Å². The minimum atomic E-state index is -1.82. The second-order valence-electron chi connectivity index (χ2n) is 3.45. The number of hydrogen-bond donors (Lipinski definition) is 0. The summed E-state index contributed by atoms with van der Waals surface area (Å²) in [6, 6.07) is 0. The van der Waals surface area contributed by atoms with E-state index in [1.165, 1.54) is 13.8 Å². The topological polar surface area (TPSA) is 86.5 Å². The van der Waals surface area contributed by atoms with Crippen LogP contribution in [0.1, 0.15) is 33.6 Å². The molecule has 0 rings (SSSR count). The molecule has 0 bridgehead atoms. The van der Waals surface area contributed by atoms with Gasteiger partial charge in [-0.2, -0.15) is 0 Å². The zero-order chi connectivity index (χ0) is 12.1. The van der Waals surface area contributed by atoms with Crippen molar-refractivity contribution in [2.75, 3.05) is 6.61 Å². The van der Waals surface area contributed by atoms with Gasteiger partial charge < -0.3 is 9.53 Å². The normalized spacial score (nSPS) is 14.1. The molecule has 0 aliphatic carbocycles. The van der Waals surface area contributed by atoms with Gasteiger partial charge in [0.1, 0.15) is 5.78 Å². The Labute approximate surface area is 87.7 Å². The Hall–Kier alpha value is -1.46. The summed E-state index contributed by atoms with van der Waals surface area (Å²) < 4.78 is 4.61. The average molecular weight is 217 g/mol. The Kier molecular flexibility index (Phi) is 4.90. The lowest BCUT2D eigenvalue weighted by Gasteiger charge is -2.17. The van der Waals surface area contributed by atoms with Crippen molar-refractivity contribution in [2.24, 2.45) is 0 Å². The lowest BCUT2D eigenvalue weighted by atomic mass is 9.96. The van der Waals surface area contributed by atoms with Crippen molar-refractivity contribution in [3.8, 4) is 0 Å². The van der Waals surface area contributed by atoms with Gasteiger partial charge in [-0.25, -0.2) is 4.79 Å². The van der Waals surface area contributed by atoms with Gasteiger partial charge in [0, 0.05) is 24.7 Å². The summed E-state index contributed by atoms with van der Waals surface area (Å²) >= 11 is 0. The number of nitro groups is 1. The van der Waals surface area contributed by atoms with E-state index >= 15 is 0 Å². The van der Waals surface area contributed by atoms with E-state index in [0.717, 1.165) is 0 Å². The summed E-state index contributed by atoms with van der Waals surface area (Å²) in [5, 5.41) is 10.7. The monoisotopic (exact) mass is 217 g/mol. The van der Waals surface area contributed by atoms with Crippen LogP contribution >= 0.6 is 0 Å². The number of carbonyl (C=O) groups excluding carboxylic acids is 2. The lowest BCUT2D eigenvalue weighted by molar-refractivity contribution is -0.551. The maximum Gasteiger partial charge on any atom is 0.384 e. The standard InChI is InChI=1S/C9H15NO5/c1-4-15-8(12)9(3,10(13)14)6-5-7(2)11/h4-6H2,1-3H3/t9-/m0/s1. The molecule has 0 aromatic heterocycles. The van der Waals surface area contributed by atoms with Crippen molar-refractivity contribution in [1.82, 2.24) is 0 Å². The Morgan fingerprint density at radius 1 is 1.47 bits per heavy atom. The van der Waals surface area contributed by atoms with E-state index in [9.17, 15) is 19.7 Å². The Morgan fingerprint density at radius 2 is 2.00 bits per heavy atom. The van der Waals surface area contributed by atoms with Crippen molar-refractivity contribution in [1.29, 1.82) is 0 Å². The molecule has 0 aliphatic heterocycles. The Balaban J connectivity index is 4.66. The van der Waals surface area contributed by atoms with Crippen LogP contribution in [-0.4, -0.2) is 28.8 Å². The fourth-order valence-electron chi connectivity index (χ4n) is 0.974. The summed E-state index contributed by atoms with van der Waals surface area (Å²) in [7, 11) is 0. The highest BCUT2D eigenvalue weighted by molar-refractivity contribution is 5.81. The highest BCUT2D eigenvalue weighted by Gasteiger charge is 2.47. The van der Waals surface area contributed by atoms with E-state index < -0.39 is 16.4 Å². The highest BCUT2D eigenvalue weighted by atomic mass is 16.6. The highest BCUT2D eigenvalue weighted by Crippen LogP contribution is 2.19. The predicted octanol–water partition coefficient (Wildman–Crippen LogP) is 0.954. The zero-order valence-corrected chi connectivity index (χ0v) is 9.11. The molecule has 0 radical (unpaired) electrons. The summed E-state index contributed by atoms with van der Waals surface area (Å²) in [5.41, 5.74) is -1.82. The van der Waals surface area contributed by atoms with Crippen molar-refractivity contribution in [3.05, 3.63) is 10.1 Å². The zero-order valence-electron chi connectivity index (χ0n) is 9.11. The first kappa shape index (κ1) is 13.5. The van der Waals surface area contributed by atoms with Crippen LogP contribution in [0.2, 0.25) is 0 Å². The van der Waals surface area contributed by atoms with Crippen molar-refractivity contribution < 1.29 is 19.2 Å². The molecule has 86 valence electrons. The van der Waals surface area contributed by atoms with Crippen molar-refractivity contribution >= 4 is 11.8 Å². The molecule has 0 heterocycles. The van der Waals surface area contributed by atoms with Crippen LogP contribution in [0.4, 0.5) is 0 Å². The van der Waals surface area contributed by atoms with Gasteiger partial charge in [0.2, 0.25) is 0 Å². The molecule has 6 nitrogen and oxygen atoms in total. The third kappa shape index (κ3) is 3.65. The Bertz CT molecular complexity index is 276. The van der Waals surface area contributed by atoms with E-state index in [4.69, 9.17) is 0 Å². The van der Waals surface area contributed by atoms with Crippen molar-refractivity contribution in [3.63, 3.8) is 0 Å². The summed E-state index contributed by atoms with van der Waals surface area (Å²) in [6.07, 6.45) is -0.134. The second kappa shape index (κ2) is 5.43. The van der Waals surface area contributed by atoms with Gasteiger partial charge in [0.05, 0.1) is 6.61 Å². The van der Waals surface area contributed by atoms with Gasteiger partial charge in [0.25, 0.3) is 0 Å². The minimum Gasteiger partial charge on any atom is -0.461 e. The number of carbonyl (C=O) groups is 2. The van der Waals surface area contributed by atoms with Crippen LogP contribution < -0.4 is 0 Å². The average Bonchev–Trinajstić information content (AvgIpc) is 2.14. The molecule has 0 aromatic rings. The number of nitrogens with zero attached hydrogens (tertiary/aromatic N) is 1. The smallest absolute Gasteiger partial charge is 0.384 e. The molecule has 0 amide bonds. The van der Waals surface area contributed by atoms with Crippen LogP contribution in [0.25, 0.3) is 0 Å². The van der Waals surface area contributed by atoms with E-state index in [0.29, 0.717) is 0 Å². The molecule has 6 heteroatoms. The minimum absolute atomic E-state index is 0.00368. The summed E-state index contributed by atoms with van der Waals surface area (Å²) in [5.74, 6) is -1.08. The maximum absolute atomic E-state index is 11.3. The third-order valence-electron chi connectivity index (χ3n) is 2.08. The predicted molar refractivity (Wildman–Crippen MR) is 51.9 cm³/mol. The van der Waals surface area contributed by atoms with E-state index in [1.807, 2.05) is 0 Å². The fraction of sp³-hybridized carbons (Fsp3) is 0.778. The SMILES string of the molecule is CCOC(=O)[C@](C)(CCC(C)=O)[N+](=O)[O-]. The molecule has 15 heavy (non-hydrogen) atoms. The van der Waals surface area contributed by atoms with Crippen LogP contribution in [-0.2, 0) is 14.3 Å². The van der Waals surface area contributed by atoms with Gasteiger partial charge in [-0.1, -0.05) is 0 Å². The van der Waals surface area contributed by atoms with Crippen LogP contribution in [0.15, 0.2) is 0 Å². The number of hydrogen-bond acceptors (Lipinski definition) is 5. The van der Waals surface area contributed by atoms with Gasteiger partial charge in [-0.3, -0.25) is 10.1 Å². The van der Waals surface area contributed by atoms with Gasteiger partial charge in [-0.05, 0) is 13.8 Å². The Morgan fingerprint density at radius 3 is 2.33 bits per heavy atom. The molecule has 0 aromatic carbocycles. The molecular weight excluding hydrogens is 202 g/mol. The first-order valence-corrected chi connectivity index (χ1v) is 4.65. The molecule has 0 unspecified atom stereocenters. The molecule has 0 spiro atoms. The first-order chi connectivity index (χ1) is 6.84. The number of esters is 1. The number of ketones is 1. The number of rotatable bonds is 6.